The molecule has 0 bridgehead atoms. The van der Waals surface area contributed by atoms with Gasteiger partial charge in [-0.2, -0.15) is 5.10 Å². The molecule has 0 aliphatic heterocycles. The van der Waals surface area contributed by atoms with E-state index in [-0.39, 0.29) is 0 Å². The largest absolute Gasteiger partial charge is 0.237 e. The highest BCUT2D eigenvalue weighted by Crippen LogP contribution is 2.19. The molecular formula is C15H12BrN3. The number of pyridine rings is 1. The van der Waals surface area contributed by atoms with Crippen molar-refractivity contribution in [2.24, 2.45) is 0 Å². The number of nitrogens with zero attached hydrogens (tertiary/aromatic N) is 3. The molecule has 0 saturated heterocycles. The third-order valence-electron chi connectivity index (χ3n) is 2.89. The molecule has 2 heterocycles. The Morgan fingerprint density at radius 3 is 2.47 bits per heavy atom. The third-order valence-corrected chi connectivity index (χ3v) is 3.54. The quantitative estimate of drug-likeness (QED) is 0.688. The maximum absolute atomic E-state index is 4.40. The minimum absolute atomic E-state index is 0.814. The standard InChI is InChI=1S/C15H12BrN3/c16-8-12-6-7-15(17-9-12)19-11-14(10-18-19)13-4-2-1-3-5-13/h1-7,9-11H,8H2. The first-order valence-corrected chi connectivity index (χ1v) is 7.10. The molecule has 3 aromatic rings. The van der Waals surface area contributed by atoms with Crippen LogP contribution in [-0.2, 0) is 5.33 Å². The first-order valence-electron chi connectivity index (χ1n) is 5.98. The van der Waals surface area contributed by atoms with E-state index in [2.05, 4.69) is 38.1 Å². The van der Waals surface area contributed by atoms with Crippen molar-refractivity contribution in [3.05, 3.63) is 66.6 Å². The summed E-state index contributed by atoms with van der Waals surface area (Å²) in [5.74, 6) is 0.826. The number of benzene rings is 1. The zero-order valence-corrected chi connectivity index (χ0v) is 11.8. The molecule has 1 aromatic carbocycles. The second-order valence-corrected chi connectivity index (χ2v) is 4.76. The number of halogens is 1. The Labute approximate surface area is 120 Å². The summed E-state index contributed by atoms with van der Waals surface area (Å²) in [7, 11) is 0. The summed E-state index contributed by atoms with van der Waals surface area (Å²) < 4.78 is 1.79. The van der Waals surface area contributed by atoms with Gasteiger partial charge in [0.1, 0.15) is 0 Å². The smallest absolute Gasteiger partial charge is 0.153 e. The average Bonchev–Trinajstić information content (AvgIpc) is 2.98. The fourth-order valence-corrected chi connectivity index (χ4v) is 2.19. The molecule has 0 radical (unpaired) electrons. The molecule has 0 aliphatic rings. The van der Waals surface area contributed by atoms with Crippen molar-refractivity contribution >= 4 is 15.9 Å². The Kier molecular flexibility index (Phi) is 3.42. The van der Waals surface area contributed by atoms with E-state index in [9.17, 15) is 0 Å². The lowest BCUT2D eigenvalue weighted by molar-refractivity contribution is 0.845. The van der Waals surface area contributed by atoms with Gasteiger partial charge in [0.25, 0.3) is 0 Å². The van der Waals surface area contributed by atoms with E-state index in [0.717, 1.165) is 27.8 Å². The molecule has 19 heavy (non-hydrogen) atoms. The predicted octanol–water partition coefficient (Wildman–Crippen LogP) is 3.83. The highest BCUT2D eigenvalue weighted by atomic mass is 79.9. The number of hydrogen-bond acceptors (Lipinski definition) is 2. The number of hydrogen-bond donors (Lipinski definition) is 0. The van der Waals surface area contributed by atoms with Crippen LogP contribution >= 0.6 is 15.9 Å². The van der Waals surface area contributed by atoms with E-state index in [0.29, 0.717) is 0 Å². The van der Waals surface area contributed by atoms with Crippen molar-refractivity contribution in [1.82, 2.24) is 14.8 Å². The molecule has 0 aliphatic carbocycles. The molecule has 0 spiro atoms. The van der Waals surface area contributed by atoms with Gasteiger partial charge in [-0.25, -0.2) is 9.67 Å². The Morgan fingerprint density at radius 1 is 0.947 bits per heavy atom. The number of alkyl halides is 1. The molecule has 3 nitrogen and oxygen atoms in total. The fourth-order valence-electron chi connectivity index (χ4n) is 1.86. The van der Waals surface area contributed by atoms with Gasteiger partial charge in [-0.1, -0.05) is 52.3 Å². The van der Waals surface area contributed by atoms with Crippen molar-refractivity contribution in [2.75, 3.05) is 0 Å². The molecule has 0 unspecified atom stereocenters. The van der Waals surface area contributed by atoms with Gasteiger partial charge in [-0.15, -0.1) is 0 Å². The van der Waals surface area contributed by atoms with Crippen molar-refractivity contribution in [3.63, 3.8) is 0 Å². The topological polar surface area (TPSA) is 30.7 Å². The fraction of sp³-hybridized carbons (Fsp3) is 0.0667. The highest BCUT2D eigenvalue weighted by molar-refractivity contribution is 9.08. The molecular weight excluding hydrogens is 302 g/mol. The Morgan fingerprint density at radius 2 is 1.79 bits per heavy atom. The minimum atomic E-state index is 0.814. The van der Waals surface area contributed by atoms with E-state index in [1.165, 1.54) is 0 Å². The minimum Gasteiger partial charge on any atom is -0.237 e. The van der Waals surface area contributed by atoms with Gasteiger partial charge in [0.15, 0.2) is 5.82 Å². The van der Waals surface area contributed by atoms with Gasteiger partial charge < -0.3 is 0 Å². The van der Waals surface area contributed by atoms with Crippen LogP contribution in [-0.4, -0.2) is 14.8 Å². The van der Waals surface area contributed by atoms with Crippen LogP contribution in [0.3, 0.4) is 0 Å². The second-order valence-electron chi connectivity index (χ2n) is 4.20. The zero-order valence-electron chi connectivity index (χ0n) is 10.2. The molecule has 3 rings (SSSR count). The monoisotopic (exact) mass is 313 g/mol. The zero-order chi connectivity index (χ0) is 13.1. The lowest BCUT2D eigenvalue weighted by atomic mass is 10.1. The summed E-state index contributed by atoms with van der Waals surface area (Å²) in [6.07, 6.45) is 5.70. The molecule has 2 aromatic heterocycles. The first kappa shape index (κ1) is 12.1. The van der Waals surface area contributed by atoms with Crippen LogP contribution in [0.25, 0.3) is 16.9 Å². The summed E-state index contributed by atoms with van der Waals surface area (Å²) in [5.41, 5.74) is 3.40. The Hall–Kier alpha value is -1.94. The van der Waals surface area contributed by atoms with Crippen LogP contribution < -0.4 is 0 Å². The maximum Gasteiger partial charge on any atom is 0.153 e. The highest BCUT2D eigenvalue weighted by Gasteiger charge is 2.03. The lowest BCUT2D eigenvalue weighted by Crippen LogP contribution is -1.97. The molecule has 0 N–H and O–H groups in total. The average molecular weight is 314 g/mol. The van der Waals surface area contributed by atoms with Crippen LogP contribution in [0.4, 0.5) is 0 Å². The molecule has 0 atom stereocenters. The van der Waals surface area contributed by atoms with Crippen LogP contribution in [0.5, 0.6) is 0 Å². The molecule has 0 saturated carbocycles. The third kappa shape index (κ3) is 2.58. The van der Waals surface area contributed by atoms with Crippen LogP contribution in [0, 0.1) is 0 Å². The first-order chi connectivity index (χ1) is 9.36. The number of rotatable bonds is 3. The maximum atomic E-state index is 4.40. The van der Waals surface area contributed by atoms with Gasteiger partial charge in [0.2, 0.25) is 0 Å². The summed E-state index contributed by atoms with van der Waals surface area (Å²) in [4.78, 5) is 4.40. The molecule has 4 heteroatoms. The van der Waals surface area contributed by atoms with Crippen LogP contribution in [0.2, 0.25) is 0 Å². The van der Waals surface area contributed by atoms with Gasteiger partial charge in [-0.05, 0) is 17.2 Å². The van der Waals surface area contributed by atoms with Gasteiger partial charge in [0.05, 0.1) is 6.20 Å². The van der Waals surface area contributed by atoms with Crippen molar-refractivity contribution < 1.29 is 0 Å². The van der Waals surface area contributed by atoms with Gasteiger partial charge >= 0.3 is 0 Å². The van der Waals surface area contributed by atoms with Crippen LogP contribution in [0.15, 0.2) is 61.1 Å². The van der Waals surface area contributed by atoms with Crippen molar-refractivity contribution in [3.8, 4) is 16.9 Å². The van der Waals surface area contributed by atoms with Crippen molar-refractivity contribution in [2.45, 2.75) is 5.33 Å². The van der Waals surface area contributed by atoms with Crippen molar-refractivity contribution in [1.29, 1.82) is 0 Å². The van der Waals surface area contributed by atoms with Crippen LogP contribution in [0.1, 0.15) is 5.56 Å². The Bertz CT molecular complexity index is 659. The van der Waals surface area contributed by atoms with E-state index >= 15 is 0 Å². The van der Waals surface area contributed by atoms with E-state index in [1.807, 2.05) is 48.9 Å². The predicted molar refractivity (Wildman–Crippen MR) is 79.4 cm³/mol. The second kappa shape index (κ2) is 5.36. The number of aromatic nitrogens is 3. The summed E-state index contributed by atoms with van der Waals surface area (Å²) in [5, 5.41) is 5.17. The Balaban J connectivity index is 1.92. The van der Waals surface area contributed by atoms with Gasteiger partial charge in [0, 0.05) is 23.3 Å². The summed E-state index contributed by atoms with van der Waals surface area (Å²) >= 11 is 3.41. The van der Waals surface area contributed by atoms with E-state index in [4.69, 9.17) is 0 Å². The van der Waals surface area contributed by atoms with Gasteiger partial charge in [-0.3, -0.25) is 0 Å². The van der Waals surface area contributed by atoms with E-state index < -0.39 is 0 Å². The summed E-state index contributed by atoms with van der Waals surface area (Å²) in [6, 6.07) is 14.2. The lowest BCUT2D eigenvalue weighted by Gasteiger charge is -2.01. The normalized spacial score (nSPS) is 10.6. The molecule has 0 amide bonds. The summed E-state index contributed by atoms with van der Waals surface area (Å²) in [6.45, 7) is 0. The molecule has 0 fully saturated rings. The molecule has 94 valence electrons. The SMILES string of the molecule is BrCc1ccc(-n2cc(-c3ccccc3)cn2)nc1. The van der Waals surface area contributed by atoms with E-state index in [1.54, 1.807) is 4.68 Å².